The summed E-state index contributed by atoms with van der Waals surface area (Å²) in [4.78, 5) is 28.6. The number of nitrogens with zero attached hydrogens (tertiary/aromatic N) is 1. The molecule has 5 heteroatoms. The molecule has 0 aliphatic carbocycles. The molecule has 0 bridgehead atoms. The molecule has 2 aromatic heterocycles. The van der Waals surface area contributed by atoms with Gasteiger partial charge in [-0.15, -0.1) is 0 Å². The van der Waals surface area contributed by atoms with E-state index in [1.165, 1.54) is 0 Å². The Morgan fingerprint density at radius 3 is 2.58 bits per heavy atom. The maximum absolute atomic E-state index is 13.0. The van der Waals surface area contributed by atoms with E-state index in [-0.39, 0.29) is 18.0 Å². The number of nitrogens with one attached hydrogen (secondary N) is 2. The minimum absolute atomic E-state index is 0.157. The highest BCUT2D eigenvalue weighted by Crippen LogP contribution is 2.23. The molecular formula is C26H27N3O2. The van der Waals surface area contributed by atoms with Gasteiger partial charge in [-0.3, -0.25) is 9.59 Å². The summed E-state index contributed by atoms with van der Waals surface area (Å²) in [5.74, 6) is -0.183. The van der Waals surface area contributed by atoms with Crippen LogP contribution in [0.1, 0.15) is 52.6 Å². The zero-order valence-electron chi connectivity index (χ0n) is 18.1. The van der Waals surface area contributed by atoms with E-state index in [1.807, 2.05) is 73.8 Å². The number of carbonyl (C=O) groups excluding carboxylic acids is 1. The minimum Gasteiger partial charge on any atom is -0.348 e. The molecule has 0 saturated carbocycles. The Labute approximate surface area is 181 Å². The molecule has 0 spiro atoms. The van der Waals surface area contributed by atoms with Crippen LogP contribution in [0, 0.1) is 6.92 Å². The van der Waals surface area contributed by atoms with E-state index in [0.717, 1.165) is 27.7 Å². The molecule has 0 saturated heterocycles. The van der Waals surface area contributed by atoms with Crippen molar-refractivity contribution in [2.75, 3.05) is 0 Å². The summed E-state index contributed by atoms with van der Waals surface area (Å²) >= 11 is 0. The first-order valence-corrected chi connectivity index (χ1v) is 10.6. The monoisotopic (exact) mass is 413 g/mol. The molecule has 0 atom stereocenters. The third kappa shape index (κ3) is 4.31. The van der Waals surface area contributed by atoms with Gasteiger partial charge in [0.05, 0.1) is 0 Å². The Morgan fingerprint density at radius 1 is 1.06 bits per heavy atom. The smallest absolute Gasteiger partial charge is 0.253 e. The lowest BCUT2D eigenvalue weighted by atomic mass is 10.00. The predicted molar refractivity (Wildman–Crippen MR) is 125 cm³/mol. The topological polar surface area (TPSA) is 66.9 Å². The molecule has 0 aliphatic rings. The molecule has 5 nitrogen and oxygen atoms in total. The molecule has 0 unspecified atom stereocenters. The van der Waals surface area contributed by atoms with Crippen molar-refractivity contribution >= 4 is 16.8 Å². The third-order valence-corrected chi connectivity index (χ3v) is 5.59. The largest absolute Gasteiger partial charge is 0.348 e. The Bertz CT molecular complexity index is 1280. The molecule has 2 aromatic carbocycles. The number of aryl methyl sites for hydroxylation is 1. The summed E-state index contributed by atoms with van der Waals surface area (Å²) in [7, 11) is 0. The van der Waals surface area contributed by atoms with Gasteiger partial charge in [-0.1, -0.05) is 36.4 Å². The summed E-state index contributed by atoms with van der Waals surface area (Å²) < 4.78 is 2.15. The number of carbonyl (C=O) groups is 1. The van der Waals surface area contributed by atoms with E-state index in [2.05, 4.69) is 28.7 Å². The van der Waals surface area contributed by atoms with E-state index in [0.29, 0.717) is 23.6 Å². The first-order valence-electron chi connectivity index (χ1n) is 10.6. The second-order valence-electron chi connectivity index (χ2n) is 8.19. The first kappa shape index (κ1) is 20.7. The Hall–Kier alpha value is -3.60. The van der Waals surface area contributed by atoms with E-state index in [9.17, 15) is 9.59 Å². The van der Waals surface area contributed by atoms with E-state index in [4.69, 9.17) is 0 Å². The third-order valence-electron chi connectivity index (χ3n) is 5.59. The number of hydrogen-bond donors (Lipinski definition) is 2. The first-order chi connectivity index (χ1) is 14.9. The molecule has 0 radical (unpaired) electrons. The molecule has 2 N–H and O–H groups in total. The van der Waals surface area contributed by atoms with Crippen molar-refractivity contribution in [3.05, 3.63) is 105 Å². The van der Waals surface area contributed by atoms with Crippen molar-refractivity contribution < 1.29 is 4.79 Å². The number of fused-ring (bicyclic) bond motifs is 1. The molecule has 2 heterocycles. The Morgan fingerprint density at radius 2 is 1.84 bits per heavy atom. The normalized spacial score (nSPS) is 11.2. The number of aromatic amines is 1. The van der Waals surface area contributed by atoms with Gasteiger partial charge in [-0.25, -0.2) is 0 Å². The summed E-state index contributed by atoms with van der Waals surface area (Å²) in [6.45, 7) is 6.28. The van der Waals surface area contributed by atoms with Crippen LogP contribution in [0.4, 0.5) is 0 Å². The number of hydrogen-bond acceptors (Lipinski definition) is 2. The van der Waals surface area contributed by atoms with Crippen molar-refractivity contribution in [2.45, 2.75) is 39.8 Å². The van der Waals surface area contributed by atoms with Crippen LogP contribution < -0.4 is 10.9 Å². The minimum atomic E-state index is -0.183. The summed E-state index contributed by atoms with van der Waals surface area (Å²) in [5, 5.41) is 3.88. The molecule has 0 fully saturated rings. The highest BCUT2D eigenvalue weighted by molar-refractivity contribution is 6.06. The van der Waals surface area contributed by atoms with Crippen molar-refractivity contribution in [3.8, 4) is 0 Å². The predicted octanol–water partition coefficient (Wildman–Crippen LogP) is 4.74. The molecule has 31 heavy (non-hydrogen) atoms. The average Bonchev–Trinajstić information content (AvgIpc) is 3.18. The van der Waals surface area contributed by atoms with Crippen molar-refractivity contribution in [2.24, 2.45) is 0 Å². The molecule has 4 aromatic rings. The van der Waals surface area contributed by atoms with E-state index >= 15 is 0 Å². The lowest BCUT2D eigenvalue weighted by molar-refractivity contribution is 0.0952. The van der Waals surface area contributed by atoms with Crippen LogP contribution in [-0.4, -0.2) is 15.5 Å². The van der Waals surface area contributed by atoms with Gasteiger partial charge < -0.3 is 14.9 Å². The zero-order chi connectivity index (χ0) is 22.0. The van der Waals surface area contributed by atoms with Crippen LogP contribution in [0.5, 0.6) is 0 Å². The summed E-state index contributed by atoms with van der Waals surface area (Å²) in [6.07, 6.45) is 2.65. The van der Waals surface area contributed by atoms with Crippen molar-refractivity contribution in [3.63, 3.8) is 0 Å². The maximum atomic E-state index is 13.0. The number of pyridine rings is 1. The average molecular weight is 414 g/mol. The van der Waals surface area contributed by atoms with E-state index < -0.39 is 0 Å². The van der Waals surface area contributed by atoms with Gasteiger partial charge in [0.2, 0.25) is 0 Å². The van der Waals surface area contributed by atoms with Gasteiger partial charge in [0, 0.05) is 46.5 Å². The Kier molecular flexibility index (Phi) is 5.76. The van der Waals surface area contributed by atoms with Gasteiger partial charge in [0.1, 0.15) is 0 Å². The Balaban J connectivity index is 1.60. The molecule has 0 aliphatic heterocycles. The molecular weight excluding hydrogens is 386 g/mol. The van der Waals surface area contributed by atoms with Crippen LogP contribution in [0.3, 0.4) is 0 Å². The van der Waals surface area contributed by atoms with Crippen molar-refractivity contribution in [1.82, 2.24) is 14.9 Å². The lowest BCUT2D eigenvalue weighted by Crippen LogP contribution is -2.28. The second-order valence-corrected chi connectivity index (χ2v) is 8.19. The number of rotatable bonds is 6. The van der Waals surface area contributed by atoms with E-state index in [1.54, 1.807) is 0 Å². The van der Waals surface area contributed by atoms with Crippen LogP contribution in [0.2, 0.25) is 0 Å². The highest BCUT2D eigenvalue weighted by Gasteiger charge is 2.15. The molecule has 1 amide bonds. The maximum Gasteiger partial charge on any atom is 0.253 e. The number of amides is 1. The number of H-pyrrole nitrogens is 1. The summed E-state index contributed by atoms with van der Waals surface area (Å²) in [6, 6.07) is 20.0. The second kappa shape index (κ2) is 8.64. The number of benzene rings is 2. The van der Waals surface area contributed by atoms with Gasteiger partial charge in [-0.05, 0) is 62.6 Å². The fraction of sp³-hybridized carbons (Fsp3) is 0.231. The van der Waals surface area contributed by atoms with Gasteiger partial charge in [-0.2, -0.15) is 0 Å². The van der Waals surface area contributed by atoms with Gasteiger partial charge >= 0.3 is 0 Å². The van der Waals surface area contributed by atoms with Crippen LogP contribution in [-0.2, 0) is 13.0 Å². The molecule has 158 valence electrons. The number of aromatic nitrogens is 2. The summed E-state index contributed by atoms with van der Waals surface area (Å²) in [5.41, 5.74) is 4.94. The SMILES string of the molecule is Cc1cc(Cc2ccccc2)c(CNC(=O)c2cccc3c2ccn3C(C)C)c(=O)[nH]1. The van der Waals surface area contributed by atoms with Crippen LogP contribution in [0.15, 0.2) is 71.7 Å². The zero-order valence-corrected chi connectivity index (χ0v) is 18.1. The van der Waals surface area contributed by atoms with Crippen molar-refractivity contribution in [1.29, 1.82) is 0 Å². The van der Waals surface area contributed by atoms with Gasteiger partial charge in [0.15, 0.2) is 0 Å². The van der Waals surface area contributed by atoms with Gasteiger partial charge in [0.25, 0.3) is 11.5 Å². The van der Waals surface area contributed by atoms with Crippen LogP contribution in [0.25, 0.3) is 10.9 Å². The fourth-order valence-corrected chi connectivity index (χ4v) is 4.05. The highest BCUT2D eigenvalue weighted by atomic mass is 16.1. The van der Waals surface area contributed by atoms with Crippen LogP contribution >= 0.6 is 0 Å². The lowest BCUT2D eigenvalue weighted by Gasteiger charge is -2.13. The fourth-order valence-electron chi connectivity index (χ4n) is 4.05. The standard InChI is InChI=1S/C26H27N3O2/c1-17(2)29-13-12-21-22(10-7-11-24(21)29)25(30)27-16-23-20(14-18(3)28-26(23)31)15-19-8-5-4-6-9-19/h4-14,17H,15-16H2,1-3H3,(H,27,30)(H,28,31). The quantitative estimate of drug-likeness (QED) is 0.479. The molecule has 4 rings (SSSR count).